The highest BCUT2D eigenvalue weighted by atomic mass is 35.5. The number of ether oxygens (including phenoxy) is 1. The highest BCUT2D eigenvalue weighted by molar-refractivity contribution is 6.33. The van der Waals surface area contributed by atoms with Crippen LogP contribution in [0.15, 0.2) is 42.5 Å². The van der Waals surface area contributed by atoms with Gasteiger partial charge in [-0.3, -0.25) is 4.79 Å². The molecule has 0 radical (unpaired) electrons. The predicted octanol–water partition coefficient (Wildman–Crippen LogP) is 5.60. The summed E-state index contributed by atoms with van der Waals surface area (Å²) in [6, 6.07) is 12.8. The van der Waals surface area contributed by atoms with Crippen molar-refractivity contribution in [3.8, 4) is 0 Å². The monoisotopic (exact) mass is 491 g/mol. The Hall–Kier alpha value is -2.44. The molecular weight excluding hydrogens is 461 g/mol. The summed E-state index contributed by atoms with van der Waals surface area (Å²) in [6.45, 7) is 10.6. The number of nitrogens with zero attached hydrogens (tertiary/aromatic N) is 2. The molecule has 0 aromatic heterocycles. The van der Waals surface area contributed by atoms with E-state index >= 15 is 0 Å². The van der Waals surface area contributed by atoms with Gasteiger partial charge in [-0.1, -0.05) is 41.4 Å². The predicted molar refractivity (Wildman–Crippen MR) is 133 cm³/mol. The Bertz CT molecular complexity index is 1000. The van der Waals surface area contributed by atoms with Gasteiger partial charge in [-0.25, -0.2) is 4.79 Å². The van der Waals surface area contributed by atoms with Crippen LogP contribution in [0.3, 0.4) is 0 Å². The fourth-order valence-electron chi connectivity index (χ4n) is 3.91. The Kier molecular flexibility index (Phi) is 7.80. The number of aryl methyl sites for hydroxylation is 1. The lowest BCUT2D eigenvalue weighted by molar-refractivity contribution is -0.133. The minimum absolute atomic E-state index is 0.117. The van der Waals surface area contributed by atoms with Crippen LogP contribution in [-0.2, 0) is 9.53 Å². The summed E-state index contributed by atoms with van der Waals surface area (Å²) >= 11 is 12.7. The zero-order valence-corrected chi connectivity index (χ0v) is 21.2. The molecule has 2 atom stereocenters. The Morgan fingerprint density at radius 2 is 1.76 bits per heavy atom. The zero-order valence-electron chi connectivity index (χ0n) is 19.7. The third-order valence-corrected chi connectivity index (χ3v) is 6.02. The standard InChI is InChI=1S/C25H31Cl2N3O3/c1-16-6-11-21(20(27)14-16)30-13-12-29(15-22(30)18-7-9-19(26)10-8-18)23(31)17(2)28-24(32)33-25(3,4)5/h6-11,14,17,22H,12-13,15H2,1-5H3,(H,28,32)/t17-,22-/m0/s1. The molecule has 0 unspecified atom stereocenters. The second-order valence-electron chi connectivity index (χ2n) is 9.37. The molecule has 1 aliphatic rings. The lowest BCUT2D eigenvalue weighted by Gasteiger charge is -2.44. The van der Waals surface area contributed by atoms with E-state index in [1.165, 1.54) is 0 Å². The van der Waals surface area contributed by atoms with Crippen molar-refractivity contribution in [2.45, 2.75) is 52.3 Å². The molecule has 6 nitrogen and oxygen atoms in total. The van der Waals surface area contributed by atoms with Crippen LogP contribution in [0.5, 0.6) is 0 Å². The van der Waals surface area contributed by atoms with E-state index in [9.17, 15) is 9.59 Å². The van der Waals surface area contributed by atoms with Gasteiger partial charge in [-0.2, -0.15) is 0 Å². The highest BCUT2D eigenvalue weighted by Crippen LogP contribution is 2.36. The number of alkyl carbamates (subject to hydrolysis) is 1. The number of benzene rings is 2. The summed E-state index contributed by atoms with van der Waals surface area (Å²) in [5.41, 5.74) is 2.41. The molecule has 1 saturated heterocycles. The second-order valence-corrected chi connectivity index (χ2v) is 10.2. The summed E-state index contributed by atoms with van der Waals surface area (Å²) in [6.07, 6.45) is -0.609. The zero-order chi connectivity index (χ0) is 24.3. The molecule has 1 aliphatic heterocycles. The molecule has 178 valence electrons. The molecule has 0 saturated carbocycles. The van der Waals surface area contributed by atoms with E-state index in [0.717, 1.165) is 16.8 Å². The van der Waals surface area contributed by atoms with Crippen molar-refractivity contribution in [2.75, 3.05) is 24.5 Å². The molecule has 8 heteroatoms. The first kappa shape index (κ1) is 25.2. The van der Waals surface area contributed by atoms with Gasteiger partial charge in [0, 0.05) is 24.7 Å². The largest absolute Gasteiger partial charge is 0.444 e. The number of piperazine rings is 1. The van der Waals surface area contributed by atoms with Gasteiger partial charge in [0.05, 0.1) is 16.8 Å². The normalized spacial score (nSPS) is 17.5. The van der Waals surface area contributed by atoms with Crippen molar-refractivity contribution < 1.29 is 14.3 Å². The van der Waals surface area contributed by atoms with Crippen LogP contribution in [0.1, 0.15) is 44.9 Å². The number of amides is 2. The van der Waals surface area contributed by atoms with Crippen molar-refractivity contribution in [3.63, 3.8) is 0 Å². The minimum atomic E-state index is -0.708. The molecule has 3 rings (SSSR count). The van der Waals surface area contributed by atoms with E-state index in [2.05, 4.69) is 10.2 Å². The van der Waals surface area contributed by atoms with Crippen LogP contribution in [0.4, 0.5) is 10.5 Å². The number of hydrogen-bond acceptors (Lipinski definition) is 4. The summed E-state index contributed by atoms with van der Waals surface area (Å²) in [7, 11) is 0. The van der Waals surface area contributed by atoms with E-state index in [0.29, 0.717) is 29.7 Å². The van der Waals surface area contributed by atoms with Crippen molar-refractivity contribution >= 4 is 40.9 Å². The number of halogens is 2. The molecule has 1 fully saturated rings. The molecule has 2 aromatic rings. The number of hydrogen-bond donors (Lipinski definition) is 1. The van der Waals surface area contributed by atoms with E-state index in [1.807, 2.05) is 49.4 Å². The summed E-state index contributed by atoms with van der Waals surface area (Å²) < 4.78 is 5.29. The third kappa shape index (κ3) is 6.55. The average molecular weight is 492 g/mol. The SMILES string of the molecule is Cc1ccc(N2CCN(C(=O)[C@H](C)NC(=O)OC(C)(C)C)C[C@H]2c2ccc(Cl)cc2)c(Cl)c1. The number of nitrogens with one attached hydrogen (secondary N) is 1. The molecule has 0 spiro atoms. The van der Waals surface area contributed by atoms with Gasteiger partial charge in [-0.05, 0) is 70.0 Å². The maximum Gasteiger partial charge on any atom is 0.408 e. The van der Waals surface area contributed by atoms with Gasteiger partial charge in [0.25, 0.3) is 0 Å². The molecule has 1 N–H and O–H groups in total. The number of carbonyl (C=O) groups excluding carboxylic acids is 2. The molecule has 2 aromatic carbocycles. The smallest absolute Gasteiger partial charge is 0.408 e. The molecule has 2 amide bonds. The number of rotatable bonds is 4. The molecule has 1 heterocycles. The van der Waals surface area contributed by atoms with E-state index < -0.39 is 17.7 Å². The van der Waals surface area contributed by atoms with Crippen molar-refractivity contribution in [1.29, 1.82) is 0 Å². The molecule has 33 heavy (non-hydrogen) atoms. The van der Waals surface area contributed by atoms with Crippen LogP contribution in [0, 0.1) is 6.92 Å². The summed E-state index contributed by atoms with van der Waals surface area (Å²) in [4.78, 5) is 29.3. The van der Waals surface area contributed by atoms with Gasteiger partial charge < -0.3 is 19.9 Å². The van der Waals surface area contributed by atoms with Crippen LogP contribution in [0.2, 0.25) is 10.0 Å². The van der Waals surface area contributed by atoms with Gasteiger partial charge in [-0.15, -0.1) is 0 Å². The highest BCUT2D eigenvalue weighted by Gasteiger charge is 2.34. The molecule has 0 aliphatic carbocycles. The first-order valence-corrected chi connectivity index (χ1v) is 11.8. The van der Waals surface area contributed by atoms with Gasteiger partial charge in [0.2, 0.25) is 5.91 Å². The van der Waals surface area contributed by atoms with Crippen molar-refractivity contribution in [2.24, 2.45) is 0 Å². The average Bonchev–Trinajstić information content (AvgIpc) is 2.72. The first-order valence-electron chi connectivity index (χ1n) is 11.0. The van der Waals surface area contributed by atoms with Crippen LogP contribution in [-0.4, -0.2) is 48.2 Å². The van der Waals surface area contributed by atoms with Crippen molar-refractivity contribution in [3.05, 3.63) is 63.6 Å². The fraction of sp³-hybridized carbons (Fsp3) is 0.440. The Morgan fingerprint density at radius 1 is 1.09 bits per heavy atom. The van der Waals surface area contributed by atoms with E-state index in [-0.39, 0.29) is 11.9 Å². The van der Waals surface area contributed by atoms with Crippen molar-refractivity contribution in [1.82, 2.24) is 10.2 Å². The maximum absolute atomic E-state index is 13.2. The Balaban J connectivity index is 1.81. The fourth-order valence-corrected chi connectivity index (χ4v) is 4.38. The lowest BCUT2D eigenvalue weighted by Crippen LogP contribution is -2.55. The van der Waals surface area contributed by atoms with Crippen LogP contribution in [0.25, 0.3) is 0 Å². The maximum atomic E-state index is 13.2. The van der Waals surface area contributed by atoms with E-state index in [1.54, 1.807) is 32.6 Å². The van der Waals surface area contributed by atoms with E-state index in [4.69, 9.17) is 27.9 Å². The lowest BCUT2D eigenvalue weighted by atomic mass is 10.0. The number of carbonyl (C=O) groups is 2. The van der Waals surface area contributed by atoms with Gasteiger partial charge >= 0.3 is 6.09 Å². The number of anilines is 1. The molecule has 0 bridgehead atoms. The Labute approximate surface area is 205 Å². The Morgan fingerprint density at radius 3 is 2.36 bits per heavy atom. The minimum Gasteiger partial charge on any atom is -0.444 e. The first-order chi connectivity index (χ1) is 15.4. The summed E-state index contributed by atoms with van der Waals surface area (Å²) in [5, 5.41) is 3.97. The quantitative estimate of drug-likeness (QED) is 0.603. The molecular formula is C25H31Cl2N3O3. The van der Waals surface area contributed by atoms with Crippen LogP contribution >= 0.6 is 23.2 Å². The van der Waals surface area contributed by atoms with Crippen LogP contribution < -0.4 is 10.2 Å². The summed E-state index contributed by atoms with van der Waals surface area (Å²) in [5.74, 6) is -0.158. The van der Waals surface area contributed by atoms with Gasteiger partial charge in [0.1, 0.15) is 11.6 Å². The topological polar surface area (TPSA) is 61.9 Å². The second kappa shape index (κ2) is 10.2. The third-order valence-electron chi connectivity index (χ3n) is 5.46. The van der Waals surface area contributed by atoms with Gasteiger partial charge in [0.15, 0.2) is 0 Å².